The minimum Gasteiger partial charge on any atom is -0.398 e. The largest absolute Gasteiger partial charge is 0.398 e. The lowest BCUT2D eigenvalue weighted by Crippen LogP contribution is -2.30. The van der Waals surface area contributed by atoms with Gasteiger partial charge in [0.1, 0.15) is 4.90 Å². The molecular weight excluding hydrogens is 296 g/mol. The molecule has 5 N–H and O–H groups in total. The number of carbonyl (C=O) groups excluding carboxylic acids is 2. The molecule has 0 fully saturated rings. The molecule has 0 atom stereocenters. The van der Waals surface area contributed by atoms with Crippen molar-refractivity contribution in [3.63, 3.8) is 0 Å². The van der Waals surface area contributed by atoms with Crippen LogP contribution in [0.5, 0.6) is 0 Å². The molecule has 0 aromatic heterocycles. The van der Waals surface area contributed by atoms with Gasteiger partial charge in [0, 0.05) is 32.6 Å². The number of nitrogens with zero attached hydrogens (tertiary/aromatic N) is 1. The van der Waals surface area contributed by atoms with E-state index in [4.69, 9.17) is 11.5 Å². The number of rotatable bonds is 6. The summed E-state index contributed by atoms with van der Waals surface area (Å²) in [5, 5.41) is 0. The Hall–Kier alpha value is -2.13. The maximum Gasteiger partial charge on any atom is 0.248 e. The van der Waals surface area contributed by atoms with E-state index in [9.17, 15) is 18.0 Å². The summed E-state index contributed by atoms with van der Waals surface area (Å²) in [5.74, 6) is -0.898. The van der Waals surface area contributed by atoms with Crippen LogP contribution in [0.3, 0.4) is 0 Å². The third-order valence-corrected chi connectivity index (χ3v) is 4.25. The van der Waals surface area contributed by atoms with Gasteiger partial charge in [-0.1, -0.05) is 0 Å². The smallest absolute Gasteiger partial charge is 0.248 e. The number of primary amides is 1. The minimum atomic E-state index is -3.85. The molecule has 2 amide bonds. The maximum absolute atomic E-state index is 12.1. The lowest BCUT2D eigenvalue weighted by molar-refractivity contribution is -0.128. The Labute approximate surface area is 123 Å². The molecule has 0 bridgehead atoms. The zero-order valence-corrected chi connectivity index (χ0v) is 12.6. The number of carbonyl (C=O) groups is 2. The Kier molecular flexibility index (Phi) is 5.28. The molecule has 8 nitrogen and oxygen atoms in total. The van der Waals surface area contributed by atoms with E-state index in [1.54, 1.807) is 14.1 Å². The van der Waals surface area contributed by atoms with Gasteiger partial charge in [0.15, 0.2) is 0 Å². The van der Waals surface area contributed by atoms with Crippen molar-refractivity contribution in [2.24, 2.45) is 5.73 Å². The van der Waals surface area contributed by atoms with Gasteiger partial charge < -0.3 is 16.4 Å². The number of nitrogen functional groups attached to an aromatic ring is 1. The predicted octanol–water partition coefficient (Wildman–Crippen LogP) is -0.876. The second-order valence-electron chi connectivity index (χ2n) is 4.55. The zero-order chi connectivity index (χ0) is 16.2. The molecule has 1 aromatic carbocycles. The Morgan fingerprint density at radius 1 is 1.29 bits per heavy atom. The van der Waals surface area contributed by atoms with E-state index >= 15 is 0 Å². The highest BCUT2D eigenvalue weighted by atomic mass is 32.2. The summed E-state index contributed by atoms with van der Waals surface area (Å²) in [5.41, 5.74) is 10.7. The molecule has 0 unspecified atom stereocenters. The standard InChI is InChI=1S/C12H18N4O4S/c1-16(2)11(17)5-6-15-21(19,20)10-4-3-8(12(14)18)7-9(10)13/h3-4,7,15H,5-6,13H2,1-2H3,(H2,14,18). The van der Waals surface area contributed by atoms with Crippen LogP contribution in [0.2, 0.25) is 0 Å². The summed E-state index contributed by atoms with van der Waals surface area (Å²) in [6, 6.07) is 3.67. The molecule has 116 valence electrons. The summed E-state index contributed by atoms with van der Waals surface area (Å²) in [6.45, 7) is -0.0453. The van der Waals surface area contributed by atoms with Crippen LogP contribution >= 0.6 is 0 Å². The van der Waals surface area contributed by atoms with Crippen LogP contribution in [-0.4, -0.2) is 45.8 Å². The van der Waals surface area contributed by atoms with Crippen molar-refractivity contribution in [2.75, 3.05) is 26.4 Å². The first-order chi connectivity index (χ1) is 9.65. The van der Waals surface area contributed by atoms with Crippen LogP contribution in [0.15, 0.2) is 23.1 Å². The SMILES string of the molecule is CN(C)C(=O)CCNS(=O)(=O)c1ccc(C(N)=O)cc1N. The van der Waals surface area contributed by atoms with Crippen LogP contribution in [0.4, 0.5) is 5.69 Å². The second kappa shape index (κ2) is 6.55. The molecule has 9 heteroatoms. The van der Waals surface area contributed by atoms with Crippen molar-refractivity contribution < 1.29 is 18.0 Å². The number of hydrogen-bond acceptors (Lipinski definition) is 5. The van der Waals surface area contributed by atoms with E-state index in [-0.39, 0.29) is 35.0 Å². The van der Waals surface area contributed by atoms with Crippen molar-refractivity contribution in [2.45, 2.75) is 11.3 Å². The highest BCUT2D eigenvalue weighted by Gasteiger charge is 2.18. The Balaban J connectivity index is 2.84. The summed E-state index contributed by atoms with van der Waals surface area (Å²) in [4.78, 5) is 23.6. The average Bonchev–Trinajstić information content (AvgIpc) is 2.37. The number of sulfonamides is 1. The van der Waals surface area contributed by atoms with E-state index in [0.29, 0.717) is 0 Å². The van der Waals surface area contributed by atoms with Gasteiger partial charge in [-0.05, 0) is 18.2 Å². The van der Waals surface area contributed by atoms with Crippen molar-refractivity contribution in [1.82, 2.24) is 9.62 Å². The summed E-state index contributed by atoms with van der Waals surface area (Å²) >= 11 is 0. The van der Waals surface area contributed by atoms with E-state index in [0.717, 1.165) is 0 Å². The van der Waals surface area contributed by atoms with Gasteiger partial charge in [-0.3, -0.25) is 9.59 Å². The molecule has 0 spiro atoms. The zero-order valence-electron chi connectivity index (χ0n) is 11.8. The molecular formula is C12H18N4O4S. The van der Waals surface area contributed by atoms with E-state index in [1.807, 2.05) is 0 Å². The molecule has 0 aliphatic carbocycles. The lowest BCUT2D eigenvalue weighted by Gasteiger charge is -2.12. The number of benzene rings is 1. The summed E-state index contributed by atoms with van der Waals surface area (Å²) in [7, 11) is -0.691. The fourth-order valence-electron chi connectivity index (χ4n) is 1.54. The summed E-state index contributed by atoms with van der Waals surface area (Å²) < 4.78 is 26.4. The number of nitrogens with two attached hydrogens (primary N) is 2. The van der Waals surface area contributed by atoms with Gasteiger partial charge in [-0.2, -0.15) is 0 Å². The van der Waals surface area contributed by atoms with Crippen LogP contribution < -0.4 is 16.2 Å². The molecule has 0 aliphatic rings. The molecule has 0 saturated carbocycles. The molecule has 0 saturated heterocycles. The average molecular weight is 314 g/mol. The number of nitrogens with one attached hydrogen (secondary N) is 1. The highest BCUT2D eigenvalue weighted by molar-refractivity contribution is 7.89. The molecule has 1 rings (SSSR count). The third kappa shape index (κ3) is 4.43. The second-order valence-corrected chi connectivity index (χ2v) is 6.29. The monoisotopic (exact) mass is 314 g/mol. The van der Waals surface area contributed by atoms with Crippen molar-refractivity contribution >= 4 is 27.5 Å². The van der Waals surface area contributed by atoms with Crippen molar-refractivity contribution in [1.29, 1.82) is 0 Å². The van der Waals surface area contributed by atoms with Crippen molar-refractivity contribution in [3.05, 3.63) is 23.8 Å². The minimum absolute atomic E-state index is 0.0332. The van der Waals surface area contributed by atoms with Gasteiger partial charge in [0.2, 0.25) is 21.8 Å². The van der Waals surface area contributed by atoms with E-state index in [1.165, 1.54) is 23.1 Å². The Bertz CT molecular complexity index is 655. The first-order valence-corrected chi connectivity index (χ1v) is 7.52. The predicted molar refractivity (Wildman–Crippen MR) is 77.9 cm³/mol. The molecule has 1 aromatic rings. The van der Waals surface area contributed by atoms with Crippen LogP contribution in [0.25, 0.3) is 0 Å². The van der Waals surface area contributed by atoms with Gasteiger partial charge in [0.25, 0.3) is 0 Å². The molecule has 21 heavy (non-hydrogen) atoms. The summed E-state index contributed by atoms with van der Waals surface area (Å²) in [6.07, 6.45) is 0.0332. The van der Waals surface area contributed by atoms with Crippen LogP contribution in [-0.2, 0) is 14.8 Å². The Morgan fingerprint density at radius 3 is 2.38 bits per heavy atom. The van der Waals surface area contributed by atoms with E-state index in [2.05, 4.69) is 4.72 Å². The van der Waals surface area contributed by atoms with E-state index < -0.39 is 15.9 Å². The van der Waals surface area contributed by atoms with Crippen molar-refractivity contribution in [3.8, 4) is 0 Å². The van der Waals surface area contributed by atoms with Gasteiger partial charge in [0.05, 0.1) is 5.69 Å². The first-order valence-electron chi connectivity index (χ1n) is 6.04. The number of amides is 2. The fourth-order valence-corrected chi connectivity index (χ4v) is 2.68. The van der Waals surface area contributed by atoms with Crippen LogP contribution in [0, 0.1) is 0 Å². The molecule has 0 radical (unpaired) electrons. The maximum atomic E-state index is 12.1. The van der Waals surface area contributed by atoms with Crippen LogP contribution in [0.1, 0.15) is 16.8 Å². The van der Waals surface area contributed by atoms with Gasteiger partial charge in [-0.25, -0.2) is 13.1 Å². The lowest BCUT2D eigenvalue weighted by atomic mass is 10.2. The highest BCUT2D eigenvalue weighted by Crippen LogP contribution is 2.19. The molecule has 0 aliphatic heterocycles. The quantitative estimate of drug-likeness (QED) is 0.586. The van der Waals surface area contributed by atoms with Gasteiger partial charge in [-0.15, -0.1) is 0 Å². The first kappa shape index (κ1) is 16.9. The Morgan fingerprint density at radius 2 is 1.90 bits per heavy atom. The topological polar surface area (TPSA) is 136 Å². The normalized spacial score (nSPS) is 11.1. The molecule has 0 heterocycles. The third-order valence-electron chi connectivity index (χ3n) is 2.71. The number of anilines is 1. The fraction of sp³-hybridized carbons (Fsp3) is 0.333. The van der Waals surface area contributed by atoms with Gasteiger partial charge >= 0.3 is 0 Å². The number of hydrogen-bond donors (Lipinski definition) is 3.